The third-order valence-corrected chi connectivity index (χ3v) is 6.15. The molecular weight excluding hydrogens is 443 g/mol. The topological polar surface area (TPSA) is 126 Å². The summed E-state index contributed by atoms with van der Waals surface area (Å²) < 4.78 is 14.8. The third kappa shape index (κ3) is 4.14. The van der Waals surface area contributed by atoms with Gasteiger partial charge in [0, 0.05) is 37.1 Å². The second kappa shape index (κ2) is 9.26. The van der Waals surface area contributed by atoms with Crippen molar-refractivity contribution < 1.29 is 23.6 Å². The minimum atomic E-state index is -0.525. The largest absolute Gasteiger partial charge is 0.319 e. The average molecular weight is 468 g/mol. The highest BCUT2D eigenvalue weighted by atomic mass is 19.1. The minimum absolute atomic E-state index is 0.174. The van der Waals surface area contributed by atoms with Crippen LogP contribution in [0.15, 0.2) is 35.7 Å². The van der Waals surface area contributed by atoms with E-state index in [2.05, 4.69) is 20.7 Å². The Morgan fingerprint density at radius 2 is 2.00 bits per heavy atom. The lowest BCUT2D eigenvalue weighted by molar-refractivity contribution is -0.115. The van der Waals surface area contributed by atoms with Crippen molar-refractivity contribution in [2.75, 3.05) is 23.3 Å². The molecule has 4 atom stereocenters. The number of halogens is 1. The van der Waals surface area contributed by atoms with E-state index in [0.717, 1.165) is 24.3 Å². The van der Waals surface area contributed by atoms with Crippen LogP contribution in [-0.4, -0.2) is 58.2 Å². The van der Waals surface area contributed by atoms with Gasteiger partial charge in [0.2, 0.25) is 5.91 Å². The summed E-state index contributed by atoms with van der Waals surface area (Å²) in [7, 11) is 0. The molecule has 11 heteroatoms. The molecule has 0 saturated carbocycles. The first kappa shape index (κ1) is 23.4. The van der Waals surface area contributed by atoms with E-state index in [1.807, 2.05) is 0 Å². The van der Waals surface area contributed by atoms with Crippen molar-refractivity contribution in [2.24, 2.45) is 11.8 Å². The second-order valence-corrected chi connectivity index (χ2v) is 8.59. The van der Waals surface area contributed by atoms with Crippen molar-refractivity contribution in [1.82, 2.24) is 20.1 Å². The Bertz CT molecular complexity index is 1170. The number of aromatic nitrogens is 3. The predicted molar refractivity (Wildman–Crippen MR) is 121 cm³/mol. The molecule has 0 fully saturated rings. The molecule has 0 bridgehead atoms. The molecule has 2 N–H and O–H groups in total. The maximum Gasteiger partial charge on any atom is 0.245 e. The monoisotopic (exact) mass is 468 g/mol. The zero-order valence-corrected chi connectivity index (χ0v) is 19.0. The van der Waals surface area contributed by atoms with Gasteiger partial charge in [-0.1, -0.05) is 13.8 Å². The van der Waals surface area contributed by atoms with E-state index in [4.69, 9.17) is 0 Å². The maximum atomic E-state index is 13.2. The summed E-state index contributed by atoms with van der Waals surface area (Å²) in [6, 6.07) is 3.26. The number of carbonyl (C=O) groups excluding carboxylic acids is 4. The van der Waals surface area contributed by atoms with Crippen molar-refractivity contribution in [2.45, 2.75) is 32.9 Å². The fraction of sp³-hybridized carbons (Fsp3) is 0.391. The Morgan fingerprint density at radius 3 is 2.62 bits per heavy atom. The first-order chi connectivity index (χ1) is 16.2. The number of anilines is 2. The number of hydrogen-bond donors (Lipinski definition) is 2. The molecule has 4 unspecified atom stereocenters. The molecule has 2 aliphatic rings. The number of aldehydes is 2. The highest BCUT2D eigenvalue weighted by Gasteiger charge is 2.44. The maximum absolute atomic E-state index is 13.2. The summed E-state index contributed by atoms with van der Waals surface area (Å²) in [5.74, 6) is -1.44. The smallest absolute Gasteiger partial charge is 0.245 e. The van der Waals surface area contributed by atoms with Gasteiger partial charge in [-0.2, -0.15) is 5.10 Å². The van der Waals surface area contributed by atoms with Crippen molar-refractivity contribution in [1.29, 1.82) is 0 Å². The standard InChI is InChI=1S/C23H25FN6O4/c1-12(10-31)21-23-16(8-26-21)22(13(2)11-32)30-20(6-17(28-30)14(3)33)29(23)9-19(34)27-18-5-4-15(24)7-25-18/h4-7,10-13,21-22,26H,8-9H2,1-3H3,(H,25,27,34). The van der Waals surface area contributed by atoms with Gasteiger partial charge in [0.15, 0.2) is 5.78 Å². The quantitative estimate of drug-likeness (QED) is 0.441. The lowest BCUT2D eigenvalue weighted by Crippen LogP contribution is -2.45. The SMILES string of the molecule is CC(=O)c1cc2n(n1)C(C(C)C=O)C1=C(C(C(C)C=O)NC1)N2CC(=O)Nc1ccc(F)cn1. The molecule has 4 rings (SSSR count). The number of nitrogens with one attached hydrogen (secondary N) is 2. The molecular formula is C23H25FN6O4. The van der Waals surface area contributed by atoms with Crippen molar-refractivity contribution in [3.8, 4) is 0 Å². The summed E-state index contributed by atoms with van der Waals surface area (Å²) >= 11 is 0. The van der Waals surface area contributed by atoms with Crippen LogP contribution in [0, 0.1) is 17.7 Å². The molecule has 0 aromatic carbocycles. The molecule has 10 nitrogen and oxygen atoms in total. The molecule has 0 saturated heterocycles. The number of rotatable bonds is 8. The number of nitrogens with zero attached hydrogens (tertiary/aromatic N) is 4. The van der Waals surface area contributed by atoms with E-state index in [9.17, 15) is 23.6 Å². The van der Waals surface area contributed by atoms with Crippen LogP contribution in [0.4, 0.5) is 16.0 Å². The predicted octanol–water partition coefficient (Wildman–Crippen LogP) is 1.52. The van der Waals surface area contributed by atoms with E-state index in [1.54, 1.807) is 29.5 Å². The van der Waals surface area contributed by atoms with Crippen LogP contribution >= 0.6 is 0 Å². The lowest BCUT2D eigenvalue weighted by Gasteiger charge is -2.38. The van der Waals surface area contributed by atoms with Crippen LogP contribution in [0.5, 0.6) is 0 Å². The zero-order valence-electron chi connectivity index (χ0n) is 19.0. The number of amides is 1. The lowest BCUT2D eigenvalue weighted by atomic mass is 9.90. The highest BCUT2D eigenvalue weighted by molar-refractivity contribution is 5.95. The highest BCUT2D eigenvalue weighted by Crippen LogP contribution is 2.43. The summed E-state index contributed by atoms with van der Waals surface area (Å²) in [4.78, 5) is 54.1. The normalized spacial score (nSPS) is 20.9. The summed E-state index contributed by atoms with van der Waals surface area (Å²) in [5.41, 5.74) is 1.75. The van der Waals surface area contributed by atoms with Crippen LogP contribution < -0.4 is 15.5 Å². The molecule has 0 spiro atoms. The molecule has 0 aliphatic carbocycles. The Labute approximate surface area is 195 Å². The second-order valence-electron chi connectivity index (χ2n) is 8.59. The van der Waals surface area contributed by atoms with Crippen molar-refractivity contribution >= 4 is 35.9 Å². The first-order valence-electron chi connectivity index (χ1n) is 10.9. The number of pyridine rings is 1. The van der Waals surface area contributed by atoms with Crippen LogP contribution in [0.1, 0.15) is 37.3 Å². The van der Waals surface area contributed by atoms with Crippen LogP contribution in [0.25, 0.3) is 0 Å². The molecule has 2 aromatic heterocycles. The Morgan fingerprint density at radius 1 is 1.26 bits per heavy atom. The van der Waals surface area contributed by atoms with Gasteiger partial charge >= 0.3 is 0 Å². The third-order valence-electron chi connectivity index (χ3n) is 6.15. The first-order valence-corrected chi connectivity index (χ1v) is 10.9. The minimum Gasteiger partial charge on any atom is -0.319 e. The van der Waals surface area contributed by atoms with E-state index in [0.29, 0.717) is 18.1 Å². The van der Waals surface area contributed by atoms with Gasteiger partial charge in [-0.3, -0.25) is 9.59 Å². The summed E-state index contributed by atoms with van der Waals surface area (Å²) in [6.45, 7) is 5.15. The van der Waals surface area contributed by atoms with Crippen LogP contribution in [-0.2, 0) is 14.4 Å². The number of fused-ring (bicyclic) bond motifs is 1. The fourth-order valence-corrected chi connectivity index (χ4v) is 4.51. The Hall–Kier alpha value is -3.73. The molecule has 178 valence electrons. The van der Waals surface area contributed by atoms with Gasteiger partial charge in [-0.05, 0) is 17.7 Å². The number of carbonyl (C=O) groups is 4. The molecule has 34 heavy (non-hydrogen) atoms. The van der Waals surface area contributed by atoms with E-state index < -0.39 is 35.6 Å². The van der Waals surface area contributed by atoms with Gasteiger partial charge in [0.1, 0.15) is 42.3 Å². The number of ketones is 1. The summed E-state index contributed by atoms with van der Waals surface area (Å²) in [5, 5.41) is 10.4. The Balaban J connectivity index is 1.78. The average Bonchev–Trinajstić information content (AvgIpc) is 3.45. The molecule has 2 aromatic rings. The fourth-order valence-electron chi connectivity index (χ4n) is 4.51. The molecule has 1 amide bonds. The van der Waals surface area contributed by atoms with Crippen LogP contribution in [0.2, 0.25) is 0 Å². The van der Waals surface area contributed by atoms with Gasteiger partial charge in [-0.15, -0.1) is 0 Å². The van der Waals surface area contributed by atoms with E-state index in [-0.39, 0.29) is 23.8 Å². The molecule has 0 radical (unpaired) electrons. The van der Waals surface area contributed by atoms with E-state index in [1.165, 1.54) is 19.1 Å². The van der Waals surface area contributed by atoms with Crippen molar-refractivity contribution in [3.05, 3.63) is 47.2 Å². The van der Waals surface area contributed by atoms with Gasteiger partial charge < -0.3 is 25.1 Å². The van der Waals surface area contributed by atoms with Gasteiger partial charge in [0.25, 0.3) is 0 Å². The number of Topliss-reactive ketones (excluding diaryl/α,β-unsaturated/α-hetero) is 1. The molecule has 2 aliphatic heterocycles. The van der Waals surface area contributed by atoms with Gasteiger partial charge in [-0.25, -0.2) is 14.1 Å². The number of hydrogen-bond acceptors (Lipinski definition) is 8. The van der Waals surface area contributed by atoms with Crippen molar-refractivity contribution in [3.63, 3.8) is 0 Å². The van der Waals surface area contributed by atoms with Crippen LogP contribution in [0.3, 0.4) is 0 Å². The summed E-state index contributed by atoms with van der Waals surface area (Å²) in [6.07, 6.45) is 2.66. The van der Waals surface area contributed by atoms with E-state index >= 15 is 0 Å². The molecule has 4 heterocycles. The van der Waals surface area contributed by atoms with Gasteiger partial charge in [0.05, 0.1) is 18.3 Å². The Kier molecular flexibility index (Phi) is 6.38. The zero-order chi connectivity index (χ0) is 24.6.